The highest BCUT2D eigenvalue weighted by Crippen LogP contribution is 2.25. The van der Waals surface area contributed by atoms with Crippen molar-refractivity contribution in [1.82, 2.24) is 0 Å². The first-order valence-electron chi connectivity index (χ1n) is 5.19. The van der Waals surface area contributed by atoms with Crippen LogP contribution in [0.15, 0.2) is 23.3 Å². The normalized spacial score (nSPS) is 15.4. The van der Waals surface area contributed by atoms with Gasteiger partial charge < -0.3 is 0 Å². The fraction of sp³-hybridized carbons (Fsp3) is 0.692. The van der Waals surface area contributed by atoms with Gasteiger partial charge in [0.05, 0.1) is 0 Å². The average Bonchev–Trinajstić information content (AvgIpc) is 2.51. The fourth-order valence-electron chi connectivity index (χ4n) is 1.40. The molecule has 1 aliphatic rings. The second-order valence-corrected chi connectivity index (χ2v) is 2.97. The van der Waals surface area contributed by atoms with Gasteiger partial charge in [-0.25, -0.2) is 0 Å². The van der Waals surface area contributed by atoms with Crippen LogP contribution in [0.4, 0.5) is 0 Å². The van der Waals surface area contributed by atoms with Gasteiger partial charge in [-0.05, 0) is 38.2 Å². The molecule has 0 heterocycles. The number of hydrogen-bond acceptors (Lipinski definition) is 0. The SMILES string of the molecule is C.CC.CC/C=C\C1=C(C)CCC1. The van der Waals surface area contributed by atoms with Crippen molar-refractivity contribution in [3.05, 3.63) is 23.3 Å². The summed E-state index contributed by atoms with van der Waals surface area (Å²) in [5.74, 6) is 0. The zero-order chi connectivity index (χ0) is 9.40. The third-order valence-electron chi connectivity index (χ3n) is 2.10. The van der Waals surface area contributed by atoms with Crippen LogP contribution in [0.3, 0.4) is 0 Å². The van der Waals surface area contributed by atoms with Crippen molar-refractivity contribution >= 4 is 0 Å². The van der Waals surface area contributed by atoms with Crippen molar-refractivity contribution in [2.75, 3.05) is 0 Å². The van der Waals surface area contributed by atoms with Gasteiger partial charge in [0.25, 0.3) is 0 Å². The highest BCUT2D eigenvalue weighted by molar-refractivity contribution is 5.28. The number of allylic oxidation sites excluding steroid dienone is 4. The smallest absolute Gasteiger partial charge is 0.0276 e. The van der Waals surface area contributed by atoms with Crippen LogP contribution in [0.2, 0.25) is 0 Å². The Morgan fingerprint density at radius 2 is 1.85 bits per heavy atom. The lowest BCUT2D eigenvalue weighted by molar-refractivity contribution is 0.898. The molecule has 0 atom stereocenters. The summed E-state index contributed by atoms with van der Waals surface area (Å²) >= 11 is 0. The molecule has 0 spiro atoms. The molecule has 0 radical (unpaired) electrons. The summed E-state index contributed by atoms with van der Waals surface area (Å²) in [6.45, 7) is 8.43. The third-order valence-corrected chi connectivity index (χ3v) is 2.10. The van der Waals surface area contributed by atoms with E-state index in [4.69, 9.17) is 0 Å². The van der Waals surface area contributed by atoms with E-state index < -0.39 is 0 Å². The van der Waals surface area contributed by atoms with Crippen molar-refractivity contribution < 1.29 is 0 Å². The van der Waals surface area contributed by atoms with Gasteiger partial charge in [-0.3, -0.25) is 0 Å². The molecule has 0 unspecified atom stereocenters. The molecule has 0 aliphatic heterocycles. The predicted molar refractivity (Wildman–Crippen MR) is 64.1 cm³/mol. The van der Waals surface area contributed by atoms with E-state index in [2.05, 4.69) is 26.0 Å². The molecule has 0 nitrogen and oxygen atoms in total. The Morgan fingerprint density at radius 1 is 1.23 bits per heavy atom. The van der Waals surface area contributed by atoms with Gasteiger partial charge in [-0.15, -0.1) is 0 Å². The van der Waals surface area contributed by atoms with Gasteiger partial charge >= 0.3 is 0 Å². The van der Waals surface area contributed by atoms with Gasteiger partial charge in [0.2, 0.25) is 0 Å². The van der Waals surface area contributed by atoms with Crippen molar-refractivity contribution in [1.29, 1.82) is 0 Å². The third kappa shape index (κ3) is 5.68. The summed E-state index contributed by atoms with van der Waals surface area (Å²) in [5.41, 5.74) is 3.19. The van der Waals surface area contributed by atoms with Crippen molar-refractivity contribution in [2.24, 2.45) is 0 Å². The molecule has 0 bridgehead atoms. The molecular formula is C13H26. The van der Waals surface area contributed by atoms with Crippen LogP contribution in [-0.4, -0.2) is 0 Å². The molecule has 13 heavy (non-hydrogen) atoms. The first kappa shape index (κ1) is 15.0. The van der Waals surface area contributed by atoms with Crippen molar-refractivity contribution in [3.8, 4) is 0 Å². The van der Waals surface area contributed by atoms with Gasteiger partial charge in [-0.1, -0.05) is 45.9 Å². The minimum atomic E-state index is 0. The van der Waals surface area contributed by atoms with Crippen LogP contribution >= 0.6 is 0 Å². The van der Waals surface area contributed by atoms with Crippen LogP contribution in [0.25, 0.3) is 0 Å². The lowest BCUT2D eigenvalue weighted by atomic mass is 10.1. The summed E-state index contributed by atoms with van der Waals surface area (Å²) in [4.78, 5) is 0. The summed E-state index contributed by atoms with van der Waals surface area (Å²) in [5, 5.41) is 0. The molecule has 0 fully saturated rings. The first-order chi connectivity index (χ1) is 5.84. The van der Waals surface area contributed by atoms with Crippen LogP contribution < -0.4 is 0 Å². The molecule has 1 aliphatic carbocycles. The van der Waals surface area contributed by atoms with E-state index in [0.717, 1.165) is 6.42 Å². The maximum absolute atomic E-state index is 2.29. The molecule has 0 aromatic heterocycles. The Kier molecular flexibility index (Phi) is 11.0. The molecule has 0 saturated carbocycles. The highest BCUT2D eigenvalue weighted by atomic mass is 14.1. The lowest BCUT2D eigenvalue weighted by Crippen LogP contribution is -1.72. The Morgan fingerprint density at radius 3 is 2.23 bits per heavy atom. The quantitative estimate of drug-likeness (QED) is 0.556. The Hall–Kier alpha value is -0.520. The average molecular weight is 182 g/mol. The topological polar surface area (TPSA) is 0 Å². The Balaban J connectivity index is 0. The largest absolute Gasteiger partial charge is 0.0845 e. The van der Waals surface area contributed by atoms with Crippen LogP contribution in [-0.2, 0) is 0 Å². The molecule has 1 rings (SSSR count). The molecule has 0 amide bonds. The van der Waals surface area contributed by atoms with Gasteiger partial charge in [0.15, 0.2) is 0 Å². The van der Waals surface area contributed by atoms with Gasteiger partial charge in [-0.2, -0.15) is 0 Å². The van der Waals surface area contributed by atoms with Crippen molar-refractivity contribution in [3.63, 3.8) is 0 Å². The molecular weight excluding hydrogens is 156 g/mol. The summed E-state index contributed by atoms with van der Waals surface area (Å²) in [7, 11) is 0. The van der Waals surface area contributed by atoms with E-state index >= 15 is 0 Å². The van der Waals surface area contributed by atoms with Crippen LogP contribution in [0, 0.1) is 0 Å². The first-order valence-corrected chi connectivity index (χ1v) is 5.19. The van der Waals surface area contributed by atoms with Crippen LogP contribution in [0.5, 0.6) is 0 Å². The fourth-order valence-corrected chi connectivity index (χ4v) is 1.40. The second kappa shape index (κ2) is 9.57. The summed E-state index contributed by atoms with van der Waals surface area (Å²) in [6, 6.07) is 0. The van der Waals surface area contributed by atoms with E-state index in [1.54, 1.807) is 11.1 Å². The van der Waals surface area contributed by atoms with Gasteiger partial charge in [0, 0.05) is 0 Å². The predicted octanol–water partition coefficient (Wildman–Crippen LogP) is 5.12. The minimum absolute atomic E-state index is 0. The van der Waals surface area contributed by atoms with E-state index in [9.17, 15) is 0 Å². The minimum Gasteiger partial charge on any atom is -0.0845 e. The molecule has 0 heteroatoms. The Bertz CT molecular complexity index is 161. The molecule has 0 saturated heterocycles. The molecule has 0 aromatic carbocycles. The highest BCUT2D eigenvalue weighted by Gasteiger charge is 2.06. The number of rotatable bonds is 2. The molecule has 0 aromatic rings. The molecule has 78 valence electrons. The standard InChI is InChI=1S/C10H16.C2H6.CH4/c1-3-4-7-10-8-5-6-9(10)2;1-2;/h4,7H,3,5-6,8H2,1-2H3;1-2H3;1H4/b7-4-;;. The van der Waals surface area contributed by atoms with E-state index in [1.807, 2.05) is 13.8 Å². The second-order valence-electron chi connectivity index (χ2n) is 2.97. The lowest BCUT2D eigenvalue weighted by Gasteiger charge is -1.92. The monoisotopic (exact) mass is 182 g/mol. The zero-order valence-electron chi connectivity index (χ0n) is 8.98. The van der Waals surface area contributed by atoms with Gasteiger partial charge in [0.1, 0.15) is 0 Å². The van der Waals surface area contributed by atoms with Crippen LogP contribution in [0.1, 0.15) is 60.8 Å². The Labute approximate surface area is 84.7 Å². The maximum atomic E-state index is 2.29. The maximum Gasteiger partial charge on any atom is -0.0276 e. The summed E-state index contributed by atoms with van der Waals surface area (Å²) in [6.07, 6.45) is 9.71. The van der Waals surface area contributed by atoms with E-state index in [1.165, 1.54) is 19.3 Å². The summed E-state index contributed by atoms with van der Waals surface area (Å²) < 4.78 is 0. The zero-order valence-corrected chi connectivity index (χ0v) is 8.98. The van der Waals surface area contributed by atoms with Crippen molar-refractivity contribution in [2.45, 2.75) is 60.8 Å². The number of hydrogen-bond donors (Lipinski definition) is 0. The molecule has 0 N–H and O–H groups in total. The van der Waals surface area contributed by atoms with E-state index in [0.29, 0.717) is 0 Å². The van der Waals surface area contributed by atoms with E-state index in [-0.39, 0.29) is 7.43 Å².